The van der Waals surface area contributed by atoms with Crippen molar-refractivity contribution in [1.82, 2.24) is 5.32 Å². The van der Waals surface area contributed by atoms with E-state index in [1.165, 1.54) is 58.5 Å². The van der Waals surface area contributed by atoms with Crippen molar-refractivity contribution in [1.29, 1.82) is 0 Å². The highest BCUT2D eigenvalue weighted by molar-refractivity contribution is 7.92. The molecule has 2 aliphatic rings. The lowest BCUT2D eigenvalue weighted by atomic mass is 9.88. The van der Waals surface area contributed by atoms with Gasteiger partial charge in [0.1, 0.15) is 0 Å². The number of rotatable bonds is 9. The second-order valence-electron chi connectivity index (χ2n) is 9.80. The van der Waals surface area contributed by atoms with Gasteiger partial charge in [-0.1, -0.05) is 31.4 Å². The van der Waals surface area contributed by atoms with Gasteiger partial charge in [-0.15, -0.1) is 0 Å². The number of amides is 1. The summed E-state index contributed by atoms with van der Waals surface area (Å²) in [4.78, 5) is 21.9. The number of carbonyl (C=O) groups excluding carboxylic acids is 1. The molecule has 0 aliphatic heterocycles. The van der Waals surface area contributed by atoms with Crippen molar-refractivity contribution in [2.24, 2.45) is 5.92 Å². The number of carbonyl (C=O) groups is 2. The molecule has 2 aromatic rings. The molecule has 0 heterocycles. The van der Waals surface area contributed by atoms with Crippen LogP contribution in [0.3, 0.4) is 0 Å². The van der Waals surface area contributed by atoms with Crippen LogP contribution >= 0.6 is 0 Å². The zero-order valence-corrected chi connectivity index (χ0v) is 23.0. The third-order valence-corrected chi connectivity index (χ3v) is 8.44. The van der Waals surface area contributed by atoms with Crippen LogP contribution < -0.4 is 19.5 Å². The Balaban J connectivity index is 0.000000559. The molecular formula is C27H33F3N2O7S. The maximum Gasteiger partial charge on any atom is 0.490 e. The number of nitrogens with one attached hydrogen (secondary N) is 2. The number of carboxylic acid groups (broad SMARTS) is 1. The van der Waals surface area contributed by atoms with Gasteiger partial charge >= 0.3 is 12.1 Å². The van der Waals surface area contributed by atoms with Crippen molar-refractivity contribution < 1.29 is 45.8 Å². The first-order chi connectivity index (χ1) is 18.8. The number of sulfonamides is 1. The van der Waals surface area contributed by atoms with E-state index < -0.39 is 27.6 Å². The van der Waals surface area contributed by atoms with Crippen LogP contribution in [0, 0.1) is 5.92 Å². The van der Waals surface area contributed by atoms with Gasteiger partial charge in [0.2, 0.25) is 5.91 Å². The molecule has 2 fully saturated rings. The van der Waals surface area contributed by atoms with E-state index in [4.69, 9.17) is 19.4 Å². The van der Waals surface area contributed by atoms with E-state index in [-0.39, 0.29) is 10.8 Å². The van der Waals surface area contributed by atoms with E-state index in [2.05, 4.69) is 10.0 Å². The fraction of sp³-hybridized carbons (Fsp3) is 0.481. The van der Waals surface area contributed by atoms with E-state index in [1.807, 2.05) is 12.1 Å². The number of anilines is 1. The molecule has 2 saturated carbocycles. The zero-order chi connectivity index (χ0) is 29.6. The van der Waals surface area contributed by atoms with Gasteiger partial charge in [-0.05, 0) is 61.4 Å². The number of hydrogen-bond donors (Lipinski definition) is 3. The van der Waals surface area contributed by atoms with Gasteiger partial charge in [0.05, 0.1) is 24.5 Å². The fourth-order valence-corrected chi connectivity index (χ4v) is 5.70. The first kappa shape index (κ1) is 31.1. The molecule has 4 rings (SSSR count). The van der Waals surface area contributed by atoms with Gasteiger partial charge < -0.3 is 19.9 Å². The third kappa shape index (κ3) is 7.80. The van der Waals surface area contributed by atoms with E-state index in [9.17, 15) is 26.4 Å². The standard InChI is InChI=1S/C25H32N2O5S.C2HF3O2/c1-31-22-13-12-21(16-23(22)32-2)33(29,30)27-20-10-8-19(9-11-20)25(14-15-25)24(28)26-17-18-6-4-3-5-7-18;3-2(4,5)1(6)7/h8-13,16,18,27H,3-7,14-15,17H2,1-2H3,(H,26,28);(H,6,7). The summed E-state index contributed by atoms with van der Waals surface area (Å²) in [5, 5.41) is 10.3. The van der Waals surface area contributed by atoms with Crippen molar-refractivity contribution in [3.05, 3.63) is 48.0 Å². The van der Waals surface area contributed by atoms with Gasteiger partial charge in [-0.2, -0.15) is 13.2 Å². The van der Waals surface area contributed by atoms with Gasteiger partial charge in [-0.3, -0.25) is 9.52 Å². The predicted molar refractivity (Wildman–Crippen MR) is 141 cm³/mol. The predicted octanol–water partition coefficient (Wildman–Crippen LogP) is 4.87. The van der Waals surface area contributed by atoms with Crippen LogP contribution in [0.2, 0.25) is 0 Å². The van der Waals surface area contributed by atoms with E-state index >= 15 is 0 Å². The fourth-order valence-electron chi connectivity index (χ4n) is 4.62. The van der Waals surface area contributed by atoms with Crippen LogP contribution in [0.1, 0.15) is 50.5 Å². The minimum absolute atomic E-state index is 0.0741. The second-order valence-corrected chi connectivity index (χ2v) is 11.5. The third-order valence-electron chi connectivity index (χ3n) is 7.06. The first-order valence-corrected chi connectivity index (χ1v) is 14.2. The molecule has 0 bridgehead atoms. The number of benzene rings is 2. The Hall–Kier alpha value is -3.48. The Kier molecular flexibility index (Phi) is 9.93. The lowest BCUT2D eigenvalue weighted by molar-refractivity contribution is -0.192. The summed E-state index contributed by atoms with van der Waals surface area (Å²) in [6, 6.07) is 11.6. The largest absolute Gasteiger partial charge is 0.493 e. The number of hydrogen-bond acceptors (Lipinski definition) is 6. The van der Waals surface area contributed by atoms with Gasteiger partial charge in [0.15, 0.2) is 11.5 Å². The quantitative estimate of drug-likeness (QED) is 0.382. The summed E-state index contributed by atoms with van der Waals surface area (Å²) >= 11 is 0. The number of halogens is 3. The zero-order valence-electron chi connectivity index (χ0n) is 22.2. The molecule has 0 spiro atoms. The summed E-state index contributed by atoms with van der Waals surface area (Å²) in [5.74, 6) is -1.28. The highest BCUT2D eigenvalue weighted by Gasteiger charge is 2.51. The van der Waals surface area contributed by atoms with Crippen LogP contribution in [0.25, 0.3) is 0 Å². The molecule has 40 heavy (non-hydrogen) atoms. The number of methoxy groups -OCH3 is 2. The number of aliphatic carboxylic acids is 1. The van der Waals surface area contributed by atoms with Crippen LogP contribution in [-0.2, 0) is 25.0 Å². The van der Waals surface area contributed by atoms with Crippen LogP contribution in [0.5, 0.6) is 11.5 Å². The summed E-state index contributed by atoms with van der Waals surface area (Å²) in [5.41, 5.74) is 0.889. The maximum absolute atomic E-state index is 12.9. The lowest BCUT2D eigenvalue weighted by Crippen LogP contribution is -2.38. The molecule has 0 aromatic heterocycles. The van der Waals surface area contributed by atoms with Crippen LogP contribution in [0.15, 0.2) is 47.4 Å². The normalized spacial score (nSPS) is 16.6. The van der Waals surface area contributed by atoms with Crippen molar-refractivity contribution >= 4 is 27.6 Å². The van der Waals surface area contributed by atoms with E-state index in [0.29, 0.717) is 23.1 Å². The Morgan fingerprint density at radius 3 is 2.05 bits per heavy atom. The van der Waals surface area contributed by atoms with Gasteiger partial charge in [-0.25, -0.2) is 13.2 Å². The summed E-state index contributed by atoms with van der Waals surface area (Å²) in [6.07, 6.45) is 2.76. The summed E-state index contributed by atoms with van der Waals surface area (Å²) in [7, 11) is -0.853. The van der Waals surface area contributed by atoms with E-state index in [1.54, 1.807) is 18.2 Å². The van der Waals surface area contributed by atoms with E-state index in [0.717, 1.165) is 24.9 Å². The van der Waals surface area contributed by atoms with Gasteiger partial charge in [0.25, 0.3) is 10.0 Å². The van der Waals surface area contributed by atoms with Crippen molar-refractivity contribution in [2.45, 2.75) is 61.4 Å². The van der Waals surface area contributed by atoms with Crippen LogP contribution in [-0.4, -0.2) is 52.3 Å². The first-order valence-electron chi connectivity index (χ1n) is 12.8. The number of ether oxygens (including phenoxy) is 2. The Morgan fingerprint density at radius 2 is 1.55 bits per heavy atom. The minimum atomic E-state index is -5.08. The minimum Gasteiger partial charge on any atom is -0.493 e. The van der Waals surface area contributed by atoms with Crippen molar-refractivity contribution in [3.8, 4) is 11.5 Å². The molecule has 220 valence electrons. The molecule has 0 saturated heterocycles. The molecule has 1 amide bonds. The molecule has 9 nitrogen and oxygen atoms in total. The Bertz CT molecular complexity index is 1290. The average Bonchev–Trinajstić information content (AvgIpc) is 3.74. The average molecular weight is 587 g/mol. The van der Waals surface area contributed by atoms with Crippen molar-refractivity contribution in [3.63, 3.8) is 0 Å². The molecule has 0 unspecified atom stereocenters. The molecule has 3 N–H and O–H groups in total. The molecule has 0 atom stereocenters. The SMILES string of the molecule is COc1ccc(S(=O)(=O)Nc2ccc(C3(C(=O)NCC4CCCCC4)CC3)cc2)cc1OC.O=C(O)C(F)(F)F. The summed E-state index contributed by atoms with van der Waals surface area (Å²) < 4.78 is 70.4. The Morgan fingerprint density at radius 1 is 0.975 bits per heavy atom. The monoisotopic (exact) mass is 586 g/mol. The highest BCUT2D eigenvalue weighted by atomic mass is 32.2. The molecule has 13 heteroatoms. The molecule has 2 aliphatic carbocycles. The highest BCUT2D eigenvalue weighted by Crippen LogP contribution is 2.48. The topological polar surface area (TPSA) is 131 Å². The smallest absolute Gasteiger partial charge is 0.490 e. The molecule has 2 aromatic carbocycles. The number of alkyl halides is 3. The maximum atomic E-state index is 12.9. The van der Waals surface area contributed by atoms with Crippen LogP contribution in [0.4, 0.5) is 18.9 Å². The second kappa shape index (κ2) is 12.8. The molecular weight excluding hydrogens is 553 g/mol. The number of carboxylic acids is 1. The summed E-state index contributed by atoms with van der Waals surface area (Å²) in [6.45, 7) is 0.754. The van der Waals surface area contributed by atoms with Gasteiger partial charge in [0, 0.05) is 18.3 Å². The Labute approximate surface area is 231 Å². The molecule has 0 radical (unpaired) electrons. The van der Waals surface area contributed by atoms with Crippen molar-refractivity contribution in [2.75, 3.05) is 25.5 Å². The lowest BCUT2D eigenvalue weighted by Gasteiger charge is -2.23.